The van der Waals surface area contributed by atoms with Gasteiger partial charge in [0.15, 0.2) is 0 Å². The summed E-state index contributed by atoms with van der Waals surface area (Å²) in [7, 11) is 0. The van der Waals surface area contributed by atoms with E-state index in [1.807, 2.05) is 37.3 Å². The Morgan fingerprint density at radius 3 is 1.54 bits per heavy atom. The van der Waals surface area contributed by atoms with Gasteiger partial charge in [-0.2, -0.15) is 0 Å². The average molecular weight is 523 g/mol. The molecule has 0 fully saturated rings. The zero-order valence-electron chi connectivity index (χ0n) is 22.5. The molecular formula is C33H30O6. The Morgan fingerprint density at radius 2 is 1.05 bits per heavy atom. The number of carbonyl (C=O) groups is 3. The predicted octanol–water partition coefficient (Wildman–Crippen LogP) is 7.28. The first-order chi connectivity index (χ1) is 18.4. The standard InChI is InChI=1S/C33H30O6/c1-20(2)31(34)37-27-14-10-24(11-15-27)8-9-25-18-23(7)30(29(19-25)39-33(36)22(5)6)26-12-16-28(17-13-26)38-32(35)21(3)4/h8-19H,1,3,5H2,2,4,6-7H3/b9-8+. The average Bonchev–Trinajstić information content (AvgIpc) is 2.88. The number of carbonyl (C=O) groups excluding carboxylic acids is 3. The number of rotatable bonds is 9. The Labute approximate surface area is 228 Å². The molecule has 0 saturated heterocycles. The minimum atomic E-state index is -0.538. The van der Waals surface area contributed by atoms with Crippen LogP contribution in [0.1, 0.15) is 37.5 Å². The van der Waals surface area contributed by atoms with E-state index in [-0.39, 0.29) is 5.57 Å². The third kappa shape index (κ3) is 7.76. The van der Waals surface area contributed by atoms with Crippen LogP contribution in [0.15, 0.2) is 97.1 Å². The quantitative estimate of drug-likeness (QED) is 0.127. The summed E-state index contributed by atoms with van der Waals surface area (Å²) in [6.45, 7) is 17.5. The molecule has 0 bridgehead atoms. The Hall–Kier alpha value is -4.97. The minimum Gasteiger partial charge on any atom is -0.423 e. The van der Waals surface area contributed by atoms with Gasteiger partial charge in [0, 0.05) is 22.3 Å². The third-order valence-corrected chi connectivity index (χ3v) is 5.48. The highest BCUT2D eigenvalue weighted by Gasteiger charge is 2.16. The molecule has 0 N–H and O–H groups in total. The van der Waals surface area contributed by atoms with Crippen LogP contribution >= 0.6 is 0 Å². The van der Waals surface area contributed by atoms with Crippen molar-refractivity contribution in [2.45, 2.75) is 27.7 Å². The largest absolute Gasteiger partial charge is 0.423 e. The lowest BCUT2D eigenvalue weighted by Crippen LogP contribution is -2.10. The van der Waals surface area contributed by atoms with Gasteiger partial charge < -0.3 is 14.2 Å². The fourth-order valence-electron chi connectivity index (χ4n) is 3.43. The van der Waals surface area contributed by atoms with E-state index in [1.54, 1.807) is 63.2 Å². The molecule has 3 aromatic rings. The van der Waals surface area contributed by atoms with E-state index < -0.39 is 17.9 Å². The molecule has 6 heteroatoms. The van der Waals surface area contributed by atoms with Crippen LogP contribution < -0.4 is 14.2 Å². The lowest BCUT2D eigenvalue weighted by molar-refractivity contribution is -0.130. The van der Waals surface area contributed by atoms with E-state index in [0.717, 1.165) is 27.8 Å². The highest BCUT2D eigenvalue weighted by atomic mass is 16.5. The van der Waals surface area contributed by atoms with Crippen molar-refractivity contribution in [1.29, 1.82) is 0 Å². The first kappa shape index (κ1) is 28.6. The maximum Gasteiger partial charge on any atom is 0.338 e. The highest BCUT2D eigenvalue weighted by Crippen LogP contribution is 2.36. The SMILES string of the molecule is C=C(C)C(=O)Oc1ccc(/C=C/c2cc(C)c(-c3ccc(OC(=O)C(=C)C)cc3)c(OC(=O)C(=C)C)c2)cc1. The lowest BCUT2D eigenvalue weighted by atomic mass is 9.96. The summed E-state index contributed by atoms with van der Waals surface area (Å²) < 4.78 is 16.2. The van der Waals surface area contributed by atoms with Gasteiger partial charge in [0.05, 0.1) is 0 Å². The number of aryl methyl sites for hydroxylation is 1. The maximum absolute atomic E-state index is 12.4. The third-order valence-electron chi connectivity index (χ3n) is 5.48. The van der Waals surface area contributed by atoms with Crippen LogP contribution in [0.25, 0.3) is 23.3 Å². The van der Waals surface area contributed by atoms with Crippen LogP contribution in [0.5, 0.6) is 17.2 Å². The van der Waals surface area contributed by atoms with Gasteiger partial charge in [0.2, 0.25) is 0 Å². The first-order valence-corrected chi connectivity index (χ1v) is 12.1. The van der Waals surface area contributed by atoms with Crippen LogP contribution in [0, 0.1) is 6.92 Å². The van der Waals surface area contributed by atoms with Crippen molar-refractivity contribution in [2.75, 3.05) is 0 Å². The molecule has 0 aliphatic heterocycles. The second-order valence-corrected chi connectivity index (χ2v) is 9.15. The summed E-state index contributed by atoms with van der Waals surface area (Å²) in [5.41, 5.74) is 4.96. The van der Waals surface area contributed by atoms with Crippen LogP contribution in [-0.4, -0.2) is 17.9 Å². The van der Waals surface area contributed by atoms with Gasteiger partial charge in [-0.3, -0.25) is 0 Å². The predicted molar refractivity (Wildman–Crippen MR) is 153 cm³/mol. The zero-order valence-corrected chi connectivity index (χ0v) is 22.5. The van der Waals surface area contributed by atoms with Crippen molar-refractivity contribution in [3.63, 3.8) is 0 Å². The van der Waals surface area contributed by atoms with Crippen LogP contribution in [0.2, 0.25) is 0 Å². The molecule has 0 unspecified atom stereocenters. The normalized spacial score (nSPS) is 10.6. The van der Waals surface area contributed by atoms with Crippen LogP contribution in [0.4, 0.5) is 0 Å². The summed E-state index contributed by atoms with van der Waals surface area (Å²) in [5, 5.41) is 0. The highest BCUT2D eigenvalue weighted by molar-refractivity contribution is 5.91. The van der Waals surface area contributed by atoms with E-state index in [4.69, 9.17) is 14.2 Å². The fourth-order valence-corrected chi connectivity index (χ4v) is 3.43. The summed E-state index contributed by atoms with van der Waals surface area (Å²) in [5.74, 6) is -0.346. The van der Waals surface area contributed by atoms with Gasteiger partial charge >= 0.3 is 17.9 Å². The molecule has 198 valence electrons. The summed E-state index contributed by atoms with van der Waals surface area (Å²) in [4.78, 5) is 36.0. The minimum absolute atomic E-state index is 0.272. The molecule has 0 amide bonds. The van der Waals surface area contributed by atoms with Crippen molar-refractivity contribution in [3.8, 4) is 28.4 Å². The van der Waals surface area contributed by atoms with Crippen molar-refractivity contribution in [2.24, 2.45) is 0 Å². The Balaban J connectivity index is 1.91. The summed E-state index contributed by atoms with van der Waals surface area (Å²) in [6.07, 6.45) is 3.79. The molecule has 0 aliphatic rings. The molecule has 0 aliphatic carbocycles. The van der Waals surface area contributed by atoms with Crippen molar-refractivity contribution in [3.05, 3.63) is 114 Å². The van der Waals surface area contributed by atoms with Gasteiger partial charge in [-0.1, -0.05) is 62.2 Å². The number of esters is 3. The van der Waals surface area contributed by atoms with Crippen LogP contribution in [-0.2, 0) is 14.4 Å². The van der Waals surface area contributed by atoms with Crippen molar-refractivity contribution >= 4 is 30.1 Å². The van der Waals surface area contributed by atoms with Gasteiger partial charge in [-0.25, -0.2) is 14.4 Å². The molecule has 0 radical (unpaired) electrons. The van der Waals surface area contributed by atoms with Gasteiger partial charge in [-0.05, 0) is 80.3 Å². The summed E-state index contributed by atoms with van der Waals surface area (Å²) in [6, 6.07) is 17.7. The topological polar surface area (TPSA) is 78.9 Å². The molecule has 0 heterocycles. The van der Waals surface area contributed by atoms with Crippen molar-refractivity contribution < 1.29 is 28.6 Å². The second-order valence-electron chi connectivity index (χ2n) is 9.15. The van der Waals surface area contributed by atoms with Crippen LogP contribution in [0.3, 0.4) is 0 Å². The number of benzene rings is 3. The van der Waals surface area contributed by atoms with E-state index in [1.165, 1.54) is 0 Å². The van der Waals surface area contributed by atoms with Gasteiger partial charge in [0.25, 0.3) is 0 Å². The number of hydrogen-bond acceptors (Lipinski definition) is 6. The Bertz CT molecular complexity index is 1490. The molecule has 39 heavy (non-hydrogen) atoms. The zero-order chi connectivity index (χ0) is 28.7. The van der Waals surface area contributed by atoms with E-state index in [0.29, 0.717) is 28.4 Å². The van der Waals surface area contributed by atoms with Crippen molar-refractivity contribution in [1.82, 2.24) is 0 Å². The molecule has 0 atom stereocenters. The number of ether oxygens (including phenoxy) is 3. The number of hydrogen-bond donors (Lipinski definition) is 0. The molecule has 6 nitrogen and oxygen atoms in total. The molecule has 0 spiro atoms. The van der Waals surface area contributed by atoms with E-state index in [2.05, 4.69) is 19.7 Å². The Morgan fingerprint density at radius 1 is 0.615 bits per heavy atom. The molecule has 0 saturated carbocycles. The monoisotopic (exact) mass is 522 g/mol. The summed E-state index contributed by atoms with van der Waals surface area (Å²) >= 11 is 0. The van der Waals surface area contributed by atoms with E-state index >= 15 is 0 Å². The molecule has 0 aromatic heterocycles. The maximum atomic E-state index is 12.4. The Kier molecular flexibility index (Phi) is 9.18. The molecular weight excluding hydrogens is 492 g/mol. The molecule has 3 rings (SSSR count). The first-order valence-electron chi connectivity index (χ1n) is 12.1. The smallest absolute Gasteiger partial charge is 0.338 e. The van der Waals surface area contributed by atoms with E-state index in [9.17, 15) is 14.4 Å². The lowest BCUT2D eigenvalue weighted by Gasteiger charge is -2.15. The van der Waals surface area contributed by atoms with Gasteiger partial charge in [-0.15, -0.1) is 0 Å². The van der Waals surface area contributed by atoms with Gasteiger partial charge in [0.1, 0.15) is 17.2 Å². The molecule has 3 aromatic carbocycles. The fraction of sp³-hybridized carbons (Fsp3) is 0.121. The second kappa shape index (κ2) is 12.5.